The van der Waals surface area contributed by atoms with Crippen LogP contribution in [0.15, 0.2) is 16.8 Å². The first-order valence-corrected chi connectivity index (χ1v) is 9.69. The zero-order chi connectivity index (χ0) is 18.0. The van der Waals surface area contributed by atoms with Gasteiger partial charge in [-0.15, -0.1) is 0 Å². The molecule has 28 heavy (non-hydrogen) atoms. The minimum absolute atomic E-state index is 0. The average molecular weight is 449 g/mol. The molecule has 3 heterocycles. The van der Waals surface area contributed by atoms with Crippen LogP contribution in [0, 0.1) is 5.92 Å². The van der Waals surface area contributed by atoms with Crippen molar-refractivity contribution in [3.63, 3.8) is 0 Å². The fourth-order valence-corrected chi connectivity index (χ4v) is 4.20. The molecule has 9 heteroatoms. The summed E-state index contributed by atoms with van der Waals surface area (Å²) in [6, 6.07) is 0.621. The number of likely N-dealkylation sites (tertiary alicyclic amines) is 1. The van der Waals surface area contributed by atoms with Crippen LogP contribution in [-0.2, 0) is 14.3 Å². The minimum Gasteiger partial charge on any atom is -0.368 e. The first kappa shape index (κ1) is 27.0. The van der Waals surface area contributed by atoms with Gasteiger partial charge in [-0.2, -0.15) is 38.3 Å². The number of ether oxygens (including phenoxy) is 1. The van der Waals surface area contributed by atoms with Crippen molar-refractivity contribution in [1.82, 2.24) is 10.2 Å². The number of carbonyl (C=O) groups excluding carboxylic acids is 3. The van der Waals surface area contributed by atoms with E-state index in [-0.39, 0.29) is 70.6 Å². The number of Topliss-reactive ketones (excluding diaryl/α,β-unsaturated/α-hetero) is 1. The first-order valence-electron chi connectivity index (χ1n) is 8.75. The number of thiophene rings is 1. The lowest BCUT2D eigenvalue weighted by molar-refractivity contribution is -0.142. The molecular formula is C19H32N2O4S3. The van der Waals surface area contributed by atoms with Gasteiger partial charge in [-0.05, 0) is 36.6 Å². The topological polar surface area (TPSA) is 75.7 Å². The van der Waals surface area contributed by atoms with Crippen LogP contribution in [0.4, 0.5) is 0 Å². The molecule has 3 atom stereocenters. The van der Waals surface area contributed by atoms with E-state index in [1.165, 1.54) is 11.3 Å². The lowest BCUT2D eigenvalue weighted by atomic mass is 9.95. The van der Waals surface area contributed by atoms with E-state index in [9.17, 15) is 14.4 Å². The number of rotatable bonds is 5. The van der Waals surface area contributed by atoms with Crippen molar-refractivity contribution >= 4 is 55.9 Å². The van der Waals surface area contributed by atoms with E-state index in [1.807, 2.05) is 19.2 Å². The molecule has 0 saturated carbocycles. The normalized spacial score (nSPS) is 21.7. The smallest absolute Gasteiger partial charge is 0.252 e. The van der Waals surface area contributed by atoms with Gasteiger partial charge >= 0.3 is 0 Å². The molecule has 2 amide bonds. The second-order valence-electron chi connectivity index (χ2n) is 7.10. The highest BCUT2D eigenvalue weighted by atomic mass is 32.1. The summed E-state index contributed by atoms with van der Waals surface area (Å²) in [5.41, 5.74) is 0.559. The van der Waals surface area contributed by atoms with Crippen molar-refractivity contribution in [2.24, 2.45) is 5.92 Å². The van der Waals surface area contributed by atoms with Gasteiger partial charge in [0.1, 0.15) is 18.7 Å². The van der Waals surface area contributed by atoms with Gasteiger partial charge in [0.2, 0.25) is 5.91 Å². The van der Waals surface area contributed by atoms with Gasteiger partial charge in [-0.1, -0.05) is 21.3 Å². The molecule has 160 valence electrons. The maximum atomic E-state index is 13.1. The Balaban J connectivity index is 0.00000243. The number of ketones is 1. The standard InChI is InChI=1S/C18H24N2O4S.CH4.2H2S/c1-11(2)8-13(19-17(22)12-5-7-25-10-12)18(23)20-6-3-4-15-16(20)14(21)9-24-15;;;/h5,7,10-11,13,15-16H,3-4,6,8-9H2,1-2H3,(H,19,22);1H4;2*1H2/t13-,15-,16-;;;/m0.../s1. The number of piperidine rings is 1. The summed E-state index contributed by atoms with van der Waals surface area (Å²) in [6.45, 7) is 4.65. The number of carbonyl (C=O) groups is 3. The fraction of sp³-hybridized carbons (Fsp3) is 0.632. The highest BCUT2D eigenvalue weighted by Crippen LogP contribution is 2.27. The van der Waals surface area contributed by atoms with Gasteiger partial charge in [-0.25, -0.2) is 0 Å². The Bertz CT molecular complexity index is 652. The van der Waals surface area contributed by atoms with E-state index < -0.39 is 12.1 Å². The summed E-state index contributed by atoms with van der Waals surface area (Å²) in [7, 11) is 0. The van der Waals surface area contributed by atoms with Crippen molar-refractivity contribution in [2.45, 2.75) is 58.7 Å². The third kappa shape index (κ3) is 5.98. The van der Waals surface area contributed by atoms with Crippen LogP contribution in [-0.4, -0.2) is 53.8 Å². The van der Waals surface area contributed by atoms with Gasteiger partial charge in [-0.3, -0.25) is 14.4 Å². The predicted molar refractivity (Wildman–Crippen MR) is 122 cm³/mol. The van der Waals surface area contributed by atoms with Gasteiger partial charge in [0, 0.05) is 11.9 Å². The van der Waals surface area contributed by atoms with Crippen LogP contribution in [0.3, 0.4) is 0 Å². The van der Waals surface area contributed by atoms with E-state index in [1.54, 1.807) is 16.3 Å². The largest absolute Gasteiger partial charge is 0.368 e. The quantitative estimate of drug-likeness (QED) is 0.751. The zero-order valence-electron chi connectivity index (χ0n) is 15.6. The Labute approximate surface area is 185 Å². The highest BCUT2D eigenvalue weighted by molar-refractivity contribution is 7.59. The molecule has 1 aromatic heterocycles. The van der Waals surface area contributed by atoms with Crippen molar-refractivity contribution < 1.29 is 19.1 Å². The predicted octanol–water partition coefficient (Wildman–Crippen LogP) is 2.71. The summed E-state index contributed by atoms with van der Waals surface area (Å²) in [4.78, 5) is 39.3. The molecule has 0 aromatic carbocycles. The van der Waals surface area contributed by atoms with E-state index in [0.29, 0.717) is 18.5 Å². The number of hydrogen-bond acceptors (Lipinski definition) is 5. The zero-order valence-corrected chi connectivity index (χ0v) is 18.4. The van der Waals surface area contributed by atoms with Crippen LogP contribution in [0.2, 0.25) is 0 Å². The first-order chi connectivity index (χ1) is 12.0. The van der Waals surface area contributed by atoms with Crippen molar-refractivity contribution in [3.8, 4) is 0 Å². The van der Waals surface area contributed by atoms with E-state index >= 15 is 0 Å². The van der Waals surface area contributed by atoms with Crippen molar-refractivity contribution in [2.75, 3.05) is 13.2 Å². The van der Waals surface area contributed by atoms with Crippen LogP contribution in [0.25, 0.3) is 0 Å². The van der Waals surface area contributed by atoms with Crippen LogP contribution in [0.1, 0.15) is 50.9 Å². The molecule has 6 nitrogen and oxygen atoms in total. The van der Waals surface area contributed by atoms with E-state index in [0.717, 1.165) is 12.8 Å². The van der Waals surface area contributed by atoms with Gasteiger partial charge < -0.3 is 15.0 Å². The maximum absolute atomic E-state index is 13.1. The molecule has 2 saturated heterocycles. The lowest BCUT2D eigenvalue weighted by Crippen LogP contribution is -2.58. The van der Waals surface area contributed by atoms with Crippen LogP contribution < -0.4 is 5.32 Å². The summed E-state index contributed by atoms with van der Waals surface area (Å²) in [5, 5.41) is 6.46. The Hall–Kier alpha value is -1.03. The summed E-state index contributed by atoms with van der Waals surface area (Å²) < 4.78 is 5.52. The van der Waals surface area contributed by atoms with Crippen molar-refractivity contribution in [3.05, 3.63) is 22.4 Å². The molecule has 0 radical (unpaired) electrons. The Morgan fingerprint density at radius 1 is 1.36 bits per heavy atom. The SMILES string of the molecule is C.CC(C)C[C@H](NC(=O)c1ccsc1)C(=O)N1CCC[C@@H]2OCC(=O)[C@@H]21.S.S. The molecule has 0 spiro atoms. The van der Waals surface area contributed by atoms with Crippen molar-refractivity contribution in [1.29, 1.82) is 0 Å². The lowest BCUT2D eigenvalue weighted by Gasteiger charge is -2.37. The van der Waals surface area contributed by atoms with Crippen LogP contribution in [0.5, 0.6) is 0 Å². The van der Waals surface area contributed by atoms with Crippen LogP contribution >= 0.6 is 38.3 Å². The number of amides is 2. The molecule has 0 bridgehead atoms. The molecule has 1 aromatic rings. The number of hydrogen-bond donors (Lipinski definition) is 1. The summed E-state index contributed by atoms with van der Waals surface area (Å²) in [5.74, 6) is -0.216. The molecule has 0 aliphatic carbocycles. The fourth-order valence-electron chi connectivity index (χ4n) is 3.57. The third-order valence-corrected chi connectivity index (χ3v) is 5.41. The third-order valence-electron chi connectivity index (χ3n) is 4.72. The van der Waals surface area contributed by atoms with E-state index in [2.05, 4.69) is 5.32 Å². The van der Waals surface area contributed by atoms with Gasteiger partial charge in [0.05, 0.1) is 11.7 Å². The minimum atomic E-state index is -0.625. The summed E-state index contributed by atoms with van der Waals surface area (Å²) in [6.07, 6.45) is 1.96. The number of nitrogens with one attached hydrogen (secondary N) is 1. The maximum Gasteiger partial charge on any atom is 0.252 e. The molecule has 2 aliphatic heterocycles. The number of nitrogens with zero attached hydrogens (tertiary/aromatic N) is 1. The Kier molecular flexibility index (Phi) is 11.4. The molecule has 2 fully saturated rings. The molecule has 2 aliphatic rings. The summed E-state index contributed by atoms with van der Waals surface area (Å²) >= 11 is 1.44. The molecule has 0 unspecified atom stereocenters. The molecule has 3 rings (SSSR count). The highest BCUT2D eigenvalue weighted by Gasteiger charge is 2.45. The molecular weight excluding hydrogens is 416 g/mol. The van der Waals surface area contributed by atoms with Gasteiger partial charge in [0.25, 0.3) is 5.91 Å². The Morgan fingerprint density at radius 2 is 2.07 bits per heavy atom. The monoisotopic (exact) mass is 448 g/mol. The molecule has 1 N–H and O–H groups in total. The van der Waals surface area contributed by atoms with Gasteiger partial charge in [0.15, 0.2) is 5.78 Å². The number of fused-ring (bicyclic) bond motifs is 1. The Morgan fingerprint density at radius 3 is 2.68 bits per heavy atom. The second-order valence-corrected chi connectivity index (χ2v) is 7.88. The van der Waals surface area contributed by atoms with E-state index in [4.69, 9.17) is 4.74 Å². The average Bonchev–Trinajstić information content (AvgIpc) is 3.23. The second kappa shape index (κ2) is 11.8.